The van der Waals surface area contributed by atoms with Crippen LogP contribution in [0.25, 0.3) is 0 Å². The van der Waals surface area contributed by atoms with Gasteiger partial charge in [-0.2, -0.15) is 5.10 Å². The predicted octanol–water partition coefficient (Wildman–Crippen LogP) is 0.633. The van der Waals surface area contributed by atoms with E-state index in [2.05, 4.69) is 15.3 Å². The molecule has 0 aromatic carbocycles. The molecule has 2 atom stereocenters. The third-order valence-electron chi connectivity index (χ3n) is 3.67. The number of hydrogen-bond donors (Lipinski definition) is 2. The first-order valence-electron chi connectivity index (χ1n) is 7.33. The van der Waals surface area contributed by atoms with Crippen LogP contribution in [0, 0.1) is 0 Å². The molecule has 6 heteroatoms. The molecule has 2 heterocycles. The number of aryl methyl sites for hydroxylation is 1. The smallest absolute Gasteiger partial charge is 0.220 e. The van der Waals surface area contributed by atoms with Crippen molar-refractivity contribution in [1.82, 2.24) is 15.1 Å². The molecule has 1 amide bonds. The number of nitrogens with two attached hydrogens (primary N) is 1. The van der Waals surface area contributed by atoms with E-state index >= 15 is 0 Å². The zero-order valence-electron chi connectivity index (χ0n) is 12.4. The molecule has 0 spiro atoms. The number of amides is 1. The number of nitrogens with one attached hydrogen (secondary N) is 1. The van der Waals surface area contributed by atoms with Crippen LogP contribution in [0.3, 0.4) is 0 Å². The molecular weight excluding hydrogens is 254 g/mol. The van der Waals surface area contributed by atoms with Crippen LogP contribution < -0.4 is 16.0 Å². The van der Waals surface area contributed by atoms with Gasteiger partial charge in [-0.1, -0.05) is 0 Å². The normalized spacial score (nSPS) is 20.8. The van der Waals surface area contributed by atoms with Crippen molar-refractivity contribution in [2.24, 2.45) is 12.8 Å². The Bertz CT molecular complexity index is 443. The van der Waals surface area contributed by atoms with Crippen LogP contribution in [0.15, 0.2) is 12.4 Å². The third kappa shape index (κ3) is 4.23. The summed E-state index contributed by atoms with van der Waals surface area (Å²) in [6, 6.07) is 0.309. The minimum Gasteiger partial charge on any atom is -0.367 e. The summed E-state index contributed by atoms with van der Waals surface area (Å²) in [7, 11) is 1.92. The van der Waals surface area contributed by atoms with E-state index in [1.165, 1.54) is 0 Å². The second kappa shape index (κ2) is 6.74. The summed E-state index contributed by atoms with van der Waals surface area (Å²) in [6.07, 6.45) is 7.28. The molecule has 1 aromatic heterocycles. The standard InChI is InChI=1S/C14H25N5O/c1-11(15)5-6-14(20)17-12-4-3-7-19(9-12)13-8-16-18(2)10-13/h8,10-12H,3-7,9,15H2,1-2H3,(H,17,20). The van der Waals surface area contributed by atoms with Gasteiger partial charge in [0.15, 0.2) is 0 Å². The van der Waals surface area contributed by atoms with E-state index in [0.29, 0.717) is 6.42 Å². The Morgan fingerprint density at radius 1 is 1.65 bits per heavy atom. The third-order valence-corrected chi connectivity index (χ3v) is 3.67. The van der Waals surface area contributed by atoms with Crippen molar-refractivity contribution in [3.63, 3.8) is 0 Å². The van der Waals surface area contributed by atoms with E-state index in [1.807, 2.05) is 26.4 Å². The molecule has 0 radical (unpaired) electrons. The topological polar surface area (TPSA) is 76.2 Å². The molecule has 20 heavy (non-hydrogen) atoms. The highest BCUT2D eigenvalue weighted by molar-refractivity contribution is 5.76. The van der Waals surface area contributed by atoms with Crippen molar-refractivity contribution in [3.05, 3.63) is 12.4 Å². The molecule has 0 saturated carbocycles. The van der Waals surface area contributed by atoms with Crippen LogP contribution in [0.4, 0.5) is 5.69 Å². The highest BCUT2D eigenvalue weighted by Crippen LogP contribution is 2.19. The largest absolute Gasteiger partial charge is 0.367 e. The Labute approximate surface area is 120 Å². The average Bonchev–Trinajstić information content (AvgIpc) is 2.83. The Morgan fingerprint density at radius 3 is 3.10 bits per heavy atom. The lowest BCUT2D eigenvalue weighted by molar-refractivity contribution is -0.122. The Morgan fingerprint density at radius 2 is 2.45 bits per heavy atom. The number of carbonyl (C=O) groups is 1. The first kappa shape index (κ1) is 14.8. The zero-order chi connectivity index (χ0) is 14.5. The van der Waals surface area contributed by atoms with E-state index in [9.17, 15) is 4.79 Å². The van der Waals surface area contributed by atoms with E-state index < -0.39 is 0 Å². The lowest BCUT2D eigenvalue weighted by Gasteiger charge is -2.33. The van der Waals surface area contributed by atoms with E-state index in [4.69, 9.17) is 5.73 Å². The highest BCUT2D eigenvalue weighted by atomic mass is 16.1. The second-order valence-corrected chi connectivity index (χ2v) is 5.74. The van der Waals surface area contributed by atoms with Gasteiger partial charge in [0.05, 0.1) is 11.9 Å². The number of carbonyl (C=O) groups excluding carboxylic acids is 1. The minimum atomic E-state index is 0.0824. The van der Waals surface area contributed by atoms with E-state index in [-0.39, 0.29) is 18.0 Å². The summed E-state index contributed by atoms with van der Waals surface area (Å²) in [4.78, 5) is 14.1. The van der Waals surface area contributed by atoms with Gasteiger partial charge in [-0.25, -0.2) is 0 Å². The number of piperidine rings is 1. The van der Waals surface area contributed by atoms with Crippen molar-refractivity contribution >= 4 is 11.6 Å². The predicted molar refractivity (Wildman–Crippen MR) is 79.5 cm³/mol. The summed E-state index contributed by atoms with van der Waals surface area (Å²) in [5.41, 5.74) is 6.80. The highest BCUT2D eigenvalue weighted by Gasteiger charge is 2.22. The molecular formula is C14H25N5O. The van der Waals surface area contributed by atoms with Crippen molar-refractivity contribution in [3.8, 4) is 0 Å². The minimum absolute atomic E-state index is 0.0824. The van der Waals surface area contributed by atoms with Crippen LogP contribution in [-0.2, 0) is 11.8 Å². The fourth-order valence-electron chi connectivity index (χ4n) is 2.56. The molecule has 1 aliphatic rings. The average molecular weight is 279 g/mol. The summed E-state index contributed by atoms with van der Waals surface area (Å²) < 4.78 is 1.81. The maximum Gasteiger partial charge on any atom is 0.220 e. The maximum absolute atomic E-state index is 11.9. The Kier molecular flexibility index (Phi) is 5.00. The molecule has 6 nitrogen and oxygen atoms in total. The second-order valence-electron chi connectivity index (χ2n) is 5.74. The molecule has 0 bridgehead atoms. The maximum atomic E-state index is 11.9. The number of anilines is 1. The lowest BCUT2D eigenvalue weighted by atomic mass is 10.0. The molecule has 112 valence electrons. The molecule has 2 rings (SSSR count). The summed E-state index contributed by atoms with van der Waals surface area (Å²) >= 11 is 0. The Hall–Kier alpha value is -1.56. The van der Waals surface area contributed by atoms with Gasteiger partial charge in [0.25, 0.3) is 0 Å². The van der Waals surface area contributed by atoms with Crippen LogP contribution in [0.1, 0.15) is 32.6 Å². The lowest BCUT2D eigenvalue weighted by Crippen LogP contribution is -2.47. The van der Waals surface area contributed by atoms with E-state index in [0.717, 1.165) is 38.0 Å². The fourth-order valence-corrected chi connectivity index (χ4v) is 2.56. The van der Waals surface area contributed by atoms with Gasteiger partial charge in [0, 0.05) is 44.8 Å². The van der Waals surface area contributed by atoms with Gasteiger partial charge in [-0.15, -0.1) is 0 Å². The number of hydrogen-bond acceptors (Lipinski definition) is 4. The molecule has 0 aliphatic carbocycles. The monoisotopic (exact) mass is 279 g/mol. The number of rotatable bonds is 5. The first-order chi connectivity index (χ1) is 9.54. The van der Waals surface area contributed by atoms with Crippen LogP contribution in [0.2, 0.25) is 0 Å². The number of aromatic nitrogens is 2. The molecule has 1 fully saturated rings. The van der Waals surface area contributed by atoms with Gasteiger partial charge in [-0.05, 0) is 26.2 Å². The van der Waals surface area contributed by atoms with Gasteiger partial charge in [0.2, 0.25) is 5.91 Å². The SMILES string of the molecule is CC(N)CCC(=O)NC1CCCN(c2cnn(C)c2)C1. The summed E-state index contributed by atoms with van der Waals surface area (Å²) in [5, 5.41) is 7.32. The van der Waals surface area contributed by atoms with Gasteiger partial charge >= 0.3 is 0 Å². The van der Waals surface area contributed by atoms with Crippen LogP contribution >= 0.6 is 0 Å². The fraction of sp³-hybridized carbons (Fsp3) is 0.714. The van der Waals surface area contributed by atoms with Crippen LogP contribution in [-0.4, -0.2) is 40.9 Å². The van der Waals surface area contributed by atoms with Crippen molar-refractivity contribution in [2.75, 3.05) is 18.0 Å². The van der Waals surface area contributed by atoms with Crippen molar-refractivity contribution < 1.29 is 4.79 Å². The van der Waals surface area contributed by atoms with Crippen LogP contribution in [0.5, 0.6) is 0 Å². The van der Waals surface area contributed by atoms with Crippen molar-refractivity contribution in [1.29, 1.82) is 0 Å². The molecule has 2 unspecified atom stereocenters. The molecule has 1 aliphatic heterocycles. The molecule has 3 N–H and O–H groups in total. The zero-order valence-corrected chi connectivity index (χ0v) is 12.4. The number of nitrogens with zero attached hydrogens (tertiary/aromatic N) is 3. The van der Waals surface area contributed by atoms with E-state index in [1.54, 1.807) is 4.68 Å². The Balaban J connectivity index is 1.83. The molecule has 1 aromatic rings. The van der Waals surface area contributed by atoms with Gasteiger partial charge < -0.3 is 16.0 Å². The van der Waals surface area contributed by atoms with Crippen molar-refractivity contribution in [2.45, 2.75) is 44.7 Å². The van der Waals surface area contributed by atoms with Gasteiger partial charge in [-0.3, -0.25) is 9.48 Å². The summed E-state index contributed by atoms with van der Waals surface area (Å²) in [5.74, 6) is 0.111. The molecule has 1 saturated heterocycles. The summed E-state index contributed by atoms with van der Waals surface area (Å²) in [6.45, 7) is 3.81. The quantitative estimate of drug-likeness (QED) is 0.829. The first-order valence-corrected chi connectivity index (χ1v) is 7.33. The van der Waals surface area contributed by atoms with Gasteiger partial charge in [0.1, 0.15) is 0 Å².